The van der Waals surface area contributed by atoms with E-state index in [0.717, 1.165) is 37.8 Å². The standard InChI is InChI=1S/C25H19N3O3S2/c1-2-26-21(33-20-14-12-16-8-6-7-11-18(16)22(20)26)15-13-19-23(29)27(17-9-4-3-5-10-17)24(32)28(19)25(30)31/h3-15H,2H2,1H3,(H,30,31). The minimum atomic E-state index is -1.29. The van der Waals surface area contributed by atoms with Gasteiger partial charge in [0.25, 0.3) is 5.91 Å². The molecule has 0 unspecified atom stereocenters. The number of para-hydroxylation sites is 1. The van der Waals surface area contributed by atoms with Crippen molar-refractivity contribution < 1.29 is 14.7 Å². The van der Waals surface area contributed by atoms with Crippen LogP contribution in [0.3, 0.4) is 0 Å². The average Bonchev–Trinajstić information content (AvgIpc) is 3.31. The molecule has 1 saturated heterocycles. The molecule has 0 aliphatic carbocycles. The Morgan fingerprint density at radius 1 is 1.03 bits per heavy atom. The highest BCUT2D eigenvalue weighted by Crippen LogP contribution is 2.49. The Kier molecular flexibility index (Phi) is 5.39. The number of carbonyl (C=O) groups excluding carboxylic acids is 1. The minimum Gasteiger partial charge on any atom is -0.464 e. The van der Waals surface area contributed by atoms with Crippen LogP contribution in [-0.2, 0) is 4.79 Å². The maximum atomic E-state index is 13.2. The topological polar surface area (TPSA) is 64.1 Å². The highest BCUT2D eigenvalue weighted by Gasteiger charge is 2.42. The van der Waals surface area contributed by atoms with Crippen LogP contribution in [0, 0.1) is 0 Å². The molecule has 0 saturated carbocycles. The van der Waals surface area contributed by atoms with Crippen molar-refractivity contribution in [2.45, 2.75) is 11.8 Å². The number of anilines is 2. The van der Waals surface area contributed by atoms with Crippen LogP contribution in [0.5, 0.6) is 0 Å². The number of carbonyl (C=O) groups is 2. The molecule has 3 aromatic rings. The lowest BCUT2D eigenvalue weighted by Crippen LogP contribution is -2.35. The average molecular weight is 474 g/mol. The van der Waals surface area contributed by atoms with Crippen molar-refractivity contribution in [3.8, 4) is 0 Å². The van der Waals surface area contributed by atoms with Crippen LogP contribution >= 0.6 is 24.0 Å². The van der Waals surface area contributed by atoms with E-state index in [1.54, 1.807) is 48.2 Å². The second-order valence-electron chi connectivity index (χ2n) is 7.41. The summed E-state index contributed by atoms with van der Waals surface area (Å²) in [7, 11) is 0. The number of allylic oxidation sites excluding steroid dienone is 2. The number of thioether (sulfide) groups is 1. The number of rotatable bonds is 3. The van der Waals surface area contributed by atoms with E-state index < -0.39 is 12.0 Å². The molecule has 0 bridgehead atoms. The Morgan fingerprint density at radius 2 is 1.76 bits per heavy atom. The van der Waals surface area contributed by atoms with E-state index in [1.165, 1.54) is 4.90 Å². The summed E-state index contributed by atoms with van der Waals surface area (Å²) >= 11 is 6.95. The van der Waals surface area contributed by atoms with Gasteiger partial charge < -0.3 is 10.0 Å². The monoisotopic (exact) mass is 473 g/mol. The van der Waals surface area contributed by atoms with E-state index in [9.17, 15) is 14.7 Å². The normalized spacial score (nSPS) is 18.2. The van der Waals surface area contributed by atoms with Crippen molar-refractivity contribution in [2.75, 3.05) is 16.3 Å². The summed E-state index contributed by atoms with van der Waals surface area (Å²) in [5, 5.41) is 12.9. The lowest BCUT2D eigenvalue weighted by molar-refractivity contribution is -0.114. The number of thiocarbonyl (C=S) groups is 1. The zero-order valence-electron chi connectivity index (χ0n) is 17.6. The maximum absolute atomic E-state index is 13.2. The molecule has 2 amide bonds. The number of carboxylic acid groups (broad SMARTS) is 1. The van der Waals surface area contributed by atoms with Crippen LogP contribution in [0.2, 0.25) is 0 Å². The molecule has 2 heterocycles. The molecule has 0 spiro atoms. The fourth-order valence-electron chi connectivity index (χ4n) is 4.10. The minimum absolute atomic E-state index is 0.00122. The first-order chi connectivity index (χ1) is 16.0. The van der Waals surface area contributed by atoms with E-state index in [-0.39, 0.29) is 10.8 Å². The van der Waals surface area contributed by atoms with Crippen LogP contribution in [0.4, 0.5) is 16.2 Å². The number of benzene rings is 3. The second-order valence-corrected chi connectivity index (χ2v) is 8.84. The smallest absolute Gasteiger partial charge is 0.418 e. The number of hydrogen-bond acceptors (Lipinski definition) is 5. The molecule has 1 N–H and O–H groups in total. The molecule has 1 fully saturated rings. The van der Waals surface area contributed by atoms with Gasteiger partial charge >= 0.3 is 6.09 Å². The predicted molar refractivity (Wildman–Crippen MR) is 135 cm³/mol. The lowest BCUT2D eigenvalue weighted by Gasteiger charge is -2.19. The van der Waals surface area contributed by atoms with Crippen molar-refractivity contribution in [1.29, 1.82) is 0 Å². The summed E-state index contributed by atoms with van der Waals surface area (Å²) in [6.45, 7) is 2.79. The Balaban J connectivity index is 1.56. The molecule has 2 aliphatic rings. The molecule has 164 valence electrons. The van der Waals surface area contributed by atoms with Crippen molar-refractivity contribution in [1.82, 2.24) is 4.90 Å². The molecule has 5 rings (SSSR count). The Hall–Kier alpha value is -3.62. The summed E-state index contributed by atoms with van der Waals surface area (Å²) < 4.78 is 0. The van der Waals surface area contributed by atoms with E-state index in [0.29, 0.717) is 5.69 Å². The molecule has 0 aromatic heterocycles. The molecular weight excluding hydrogens is 454 g/mol. The molecule has 3 aromatic carbocycles. The molecule has 33 heavy (non-hydrogen) atoms. The number of nitrogens with zero attached hydrogens (tertiary/aromatic N) is 3. The number of amides is 2. The highest BCUT2D eigenvalue weighted by molar-refractivity contribution is 8.03. The summed E-state index contributed by atoms with van der Waals surface area (Å²) in [4.78, 5) is 30.6. The highest BCUT2D eigenvalue weighted by atomic mass is 32.2. The van der Waals surface area contributed by atoms with Crippen molar-refractivity contribution in [3.63, 3.8) is 0 Å². The second kappa shape index (κ2) is 8.38. The largest absolute Gasteiger partial charge is 0.464 e. The fourth-order valence-corrected chi connectivity index (χ4v) is 5.61. The first-order valence-electron chi connectivity index (χ1n) is 10.4. The van der Waals surface area contributed by atoms with Gasteiger partial charge in [-0.2, -0.15) is 0 Å². The van der Waals surface area contributed by atoms with E-state index in [4.69, 9.17) is 12.2 Å². The van der Waals surface area contributed by atoms with Gasteiger partial charge in [-0.05, 0) is 54.9 Å². The zero-order valence-corrected chi connectivity index (χ0v) is 19.3. The number of hydrogen-bond donors (Lipinski definition) is 1. The van der Waals surface area contributed by atoms with Gasteiger partial charge in [0, 0.05) is 16.8 Å². The first kappa shape index (κ1) is 21.2. The molecule has 0 atom stereocenters. The van der Waals surface area contributed by atoms with Crippen molar-refractivity contribution >= 4 is 63.2 Å². The van der Waals surface area contributed by atoms with Crippen LogP contribution in [0.15, 0.2) is 94.5 Å². The molecular formula is C25H19N3O3S2. The third kappa shape index (κ3) is 3.48. The zero-order chi connectivity index (χ0) is 23.1. The van der Waals surface area contributed by atoms with Crippen LogP contribution in [-0.4, -0.2) is 33.7 Å². The van der Waals surface area contributed by atoms with E-state index in [2.05, 4.69) is 36.1 Å². The van der Waals surface area contributed by atoms with Gasteiger partial charge in [-0.1, -0.05) is 60.3 Å². The first-order valence-corrected chi connectivity index (χ1v) is 11.6. The molecule has 6 nitrogen and oxygen atoms in total. The van der Waals surface area contributed by atoms with E-state index in [1.807, 2.05) is 18.2 Å². The lowest BCUT2D eigenvalue weighted by atomic mass is 10.1. The van der Waals surface area contributed by atoms with Crippen LogP contribution in [0.1, 0.15) is 6.92 Å². The Labute approximate surface area is 200 Å². The molecule has 2 aliphatic heterocycles. The summed E-state index contributed by atoms with van der Waals surface area (Å²) in [5.74, 6) is -0.473. The summed E-state index contributed by atoms with van der Waals surface area (Å²) in [6.07, 6.45) is 2.05. The fraction of sp³-hybridized carbons (Fsp3) is 0.0800. The van der Waals surface area contributed by atoms with Gasteiger partial charge in [-0.3, -0.25) is 9.69 Å². The molecule has 8 heteroatoms. The number of fused-ring (bicyclic) bond motifs is 3. The third-order valence-corrected chi connectivity index (χ3v) is 7.05. The Morgan fingerprint density at radius 3 is 2.48 bits per heavy atom. The van der Waals surface area contributed by atoms with Crippen LogP contribution in [0.25, 0.3) is 10.8 Å². The van der Waals surface area contributed by atoms with E-state index >= 15 is 0 Å². The van der Waals surface area contributed by atoms with Crippen LogP contribution < -0.4 is 9.80 Å². The summed E-state index contributed by atoms with van der Waals surface area (Å²) in [5.41, 5.74) is 1.65. The van der Waals surface area contributed by atoms with Gasteiger partial charge in [-0.25, -0.2) is 9.69 Å². The van der Waals surface area contributed by atoms with Crippen molar-refractivity contribution in [2.24, 2.45) is 0 Å². The quantitative estimate of drug-likeness (QED) is 0.383. The third-order valence-electron chi connectivity index (χ3n) is 5.57. The van der Waals surface area contributed by atoms with Crippen molar-refractivity contribution in [3.05, 3.63) is 89.6 Å². The summed E-state index contributed by atoms with van der Waals surface area (Å²) in [6, 6.07) is 21.2. The van der Waals surface area contributed by atoms with Gasteiger partial charge in [0.15, 0.2) is 5.11 Å². The predicted octanol–water partition coefficient (Wildman–Crippen LogP) is 5.81. The molecule has 0 radical (unpaired) electrons. The Bertz CT molecular complexity index is 1370. The van der Waals surface area contributed by atoms with Gasteiger partial charge in [0.1, 0.15) is 5.70 Å². The van der Waals surface area contributed by atoms with Gasteiger partial charge in [0.05, 0.1) is 16.4 Å². The van der Waals surface area contributed by atoms with Gasteiger partial charge in [-0.15, -0.1) is 0 Å². The SMILES string of the molecule is CCN1C(=CC=C2C(=O)N(c3ccccc3)C(=S)N2C(=O)O)Sc2ccc3ccccc3c21. The van der Waals surface area contributed by atoms with Gasteiger partial charge in [0.2, 0.25) is 0 Å². The maximum Gasteiger partial charge on any atom is 0.418 e.